The topological polar surface area (TPSA) is 61.9 Å². The molecule has 0 aromatic carbocycles. The number of hydrogen-bond acceptors (Lipinski definition) is 4. The molecule has 126 valence electrons. The minimum Gasteiger partial charge on any atom is -0.444 e. The lowest BCUT2D eigenvalue weighted by molar-refractivity contribution is -0.124. The average molecular weight is 311 g/mol. The van der Waals surface area contributed by atoms with E-state index in [1.165, 1.54) is 0 Å². The van der Waals surface area contributed by atoms with Gasteiger partial charge in [0.05, 0.1) is 6.54 Å². The molecule has 2 heterocycles. The molecule has 0 aromatic rings. The van der Waals surface area contributed by atoms with Crippen molar-refractivity contribution in [2.75, 3.05) is 39.3 Å². The Kier molecular flexibility index (Phi) is 5.00. The van der Waals surface area contributed by atoms with E-state index in [1.54, 1.807) is 0 Å². The zero-order valence-corrected chi connectivity index (χ0v) is 14.3. The highest BCUT2D eigenvalue weighted by Gasteiger charge is 2.36. The summed E-state index contributed by atoms with van der Waals surface area (Å²) in [7, 11) is 0. The van der Waals surface area contributed by atoms with Crippen LogP contribution in [0.25, 0.3) is 0 Å². The fourth-order valence-electron chi connectivity index (χ4n) is 3.29. The Labute approximate surface area is 133 Å². The third-order valence-corrected chi connectivity index (χ3v) is 4.16. The Hall–Kier alpha value is -1.30. The number of piperazine rings is 1. The van der Waals surface area contributed by atoms with Crippen molar-refractivity contribution in [2.24, 2.45) is 5.41 Å². The van der Waals surface area contributed by atoms with Gasteiger partial charge in [-0.3, -0.25) is 9.69 Å². The van der Waals surface area contributed by atoms with Crippen LogP contribution in [0, 0.1) is 5.41 Å². The maximum Gasteiger partial charge on any atom is 0.410 e. The summed E-state index contributed by atoms with van der Waals surface area (Å²) >= 11 is 0. The number of carbonyl (C=O) groups excluding carboxylic acids is 2. The van der Waals surface area contributed by atoms with Crippen LogP contribution in [0.2, 0.25) is 0 Å². The summed E-state index contributed by atoms with van der Waals surface area (Å²) in [6.07, 6.45) is 1.83. The molecule has 22 heavy (non-hydrogen) atoms. The standard InChI is InChI=1S/C16H29N3O3/c1-15(2,3)22-14(21)19-8-5-6-16(4,12-19)11-18-9-7-17-13(20)10-18/h5-12H2,1-4H3,(H,17,20). The van der Waals surface area contributed by atoms with Crippen molar-refractivity contribution in [1.82, 2.24) is 15.1 Å². The van der Waals surface area contributed by atoms with Crippen molar-refractivity contribution in [2.45, 2.75) is 46.1 Å². The molecule has 2 rings (SSSR count). The Balaban J connectivity index is 1.93. The molecule has 0 aliphatic carbocycles. The van der Waals surface area contributed by atoms with Gasteiger partial charge in [0.1, 0.15) is 5.60 Å². The maximum atomic E-state index is 12.3. The SMILES string of the molecule is CC1(CN2CCNC(=O)C2)CCCN(C(=O)OC(C)(C)C)C1. The first-order chi connectivity index (χ1) is 10.2. The highest BCUT2D eigenvalue weighted by atomic mass is 16.6. The lowest BCUT2D eigenvalue weighted by atomic mass is 9.81. The second-order valence-corrected chi connectivity index (χ2v) is 7.88. The van der Waals surface area contributed by atoms with Gasteiger partial charge in [0.25, 0.3) is 0 Å². The molecule has 0 saturated carbocycles. The highest BCUT2D eigenvalue weighted by molar-refractivity contribution is 5.78. The van der Waals surface area contributed by atoms with Gasteiger partial charge in [0, 0.05) is 32.7 Å². The molecular weight excluding hydrogens is 282 g/mol. The van der Waals surface area contributed by atoms with E-state index in [0.29, 0.717) is 19.6 Å². The van der Waals surface area contributed by atoms with Crippen LogP contribution in [-0.4, -0.2) is 66.7 Å². The second kappa shape index (κ2) is 6.44. The molecule has 2 aliphatic rings. The van der Waals surface area contributed by atoms with E-state index in [2.05, 4.69) is 17.1 Å². The van der Waals surface area contributed by atoms with Crippen molar-refractivity contribution < 1.29 is 14.3 Å². The number of nitrogens with one attached hydrogen (secondary N) is 1. The third-order valence-electron chi connectivity index (χ3n) is 4.16. The molecule has 6 heteroatoms. The molecule has 1 atom stereocenters. The molecule has 0 bridgehead atoms. The minimum atomic E-state index is -0.462. The summed E-state index contributed by atoms with van der Waals surface area (Å²) < 4.78 is 5.49. The van der Waals surface area contributed by atoms with Gasteiger partial charge in [-0.1, -0.05) is 6.92 Å². The lowest BCUT2D eigenvalue weighted by Crippen LogP contribution is -2.54. The van der Waals surface area contributed by atoms with E-state index in [9.17, 15) is 9.59 Å². The van der Waals surface area contributed by atoms with Crippen LogP contribution in [-0.2, 0) is 9.53 Å². The summed E-state index contributed by atoms with van der Waals surface area (Å²) in [6.45, 7) is 12.2. The van der Waals surface area contributed by atoms with Gasteiger partial charge in [0.15, 0.2) is 0 Å². The Morgan fingerprint density at radius 3 is 2.73 bits per heavy atom. The second-order valence-electron chi connectivity index (χ2n) is 7.88. The monoisotopic (exact) mass is 311 g/mol. The number of amides is 2. The van der Waals surface area contributed by atoms with E-state index >= 15 is 0 Å². The molecule has 2 fully saturated rings. The molecule has 6 nitrogen and oxygen atoms in total. The van der Waals surface area contributed by atoms with Crippen LogP contribution in [0.15, 0.2) is 0 Å². The number of piperidine rings is 1. The van der Waals surface area contributed by atoms with Crippen molar-refractivity contribution in [3.05, 3.63) is 0 Å². The Morgan fingerprint density at radius 2 is 2.09 bits per heavy atom. The first-order valence-electron chi connectivity index (χ1n) is 8.14. The van der Waals surface area contributed by atoms with Crippen molar-refractivity contribution >= 4 is 12.0 Å². The molecular formula is C16H29N3O3. The van der Waals surface area contributed by atoms with E-state index in [1.807, 2.05) is 25.7 Å². The average Bonchev–Trinajstić information content (AvgIpc) is 2.36. The highest BCUT2D eigenvalue weighted by Crippen LogP contribution is 2.31. The Bertz CT molecular complexity index is 433. The molecule has 0 spiro atoms. The summed E-state index contributed by atoms with van der Waals surface area (Å²) in [5.74, 6) is 0.0923. The summed E-state index contributed by atoms with van der Waals surface area (Å²) in [4.78, 5) is 27.8. The first-order valence-corrected chi connectivity index (χ1v) is 8.14. The van der Waals surface area contributed by atoms with Crippen molar-refractivity contribution in [3.63, 3.8) is 0 Å². The van der Waals surface area contributed by atoms with E-state index < -0.39 is 5.60 Å². The zero-order chi connectivity index (χ0) is 16.4. The predicted octanol–water partition coefficient (Wildman–Crippen LogP) is 1.46. The van der Waals surface area contributed by atoms with Gasteiger partial charge < -0.3 is 15.0 Å². The van der Waals surface area contributed by atoms with Crippen LogP contribution < -0.4 is 5.32 Å². The van der Waals surface area contributed by atoms with E-state index in [0.717, 1.165) is 32.5 Å². The minimum absolute atomic E-state index is 0.0206. The summed E-state index contributed by atoms with van der Waals surface area (Å²) in [5.41, 5.74) is -0.442. The van der Waals surface area contributed by atoms with Crippen molar-refractivity contribution in [1.29, 1.82) is 0 Å². The van der Waals surface area contributed by atoms with Crippen LogP contribution in [0.3, 0.4) is 0 Å². The van der Waals surface area contributed by atoms with Crippen LogP contribution in [0.5, 0.6) is 0 Å². The molecule has 0 radical (unpaired) electrons. The maximum absolute atomic E-state index is 12.3. The molecule has 1 N–H and O–H groups in total. The lowest BCUT2D eigenvalue weighted by Gasteiger charge is -2.43. The van der Waals surface area contributed by atoms with Gasteiger partial charge in [-0.15, -0.1) is 0 Å². The molecule has 1 unspecified atom stereocenters. The number of nitrogens with zero attached hydrogens (tertiary/aromatic N) is 2. The Morgan fingerprint density at radius 1 is 1.36 bits per heavy atom. The van der Waals surface area contributed by atoms with Crippen LogP contribution >= 0.6 is 0 Å². The third kappa shape index (κ3) is 4.87. The molecule has 0 aromatic heterocycles. The molecule has 2 amide bonds. The molecule has 2 saturated heterocycles. The van der Waals surface area contributed by atoms with Gasteiger partial charge in [0.2, 0.25) is 5.91 Å². The number of carbonyl (C=O) groups is 2. The van der Waals surface area contributed by atoms with Gasteiger partial charge in [-0.05, 0) is 39.0 Å². The van der Waals surface area contributed by atoms with Gasteiger partial charge in [-0.2, -0.15) is 0 Å². The smallest absolute Gasteiger partial charge is 0.410 e. The number of rotatable bonds is 2. The molecule has 2 aliphatic heterocycles. The normalized spacial score (nSPS) is 27.5. The van der Waals surface area contributed by atoms with Crippen molar-refractivity contribution in [3.8, 4) is 0 Å². The fraction of sp³-hybridized carbons (Fsp3) is 0.875. The largest absolute Gasteiger partial charge is 0.444 e. The van der Waals surface area contributed by atoms with E-state index in [4.69, 9.17) is 4.74 Å². The van der Waals surface area contributed by atoms with Gasteiger partial charge >= 0.3 is 6.09 Å². The fourth-order valence-corrected chi connectivity index (χ4v) is 3.29. The predicted molar refractivity (Wildman–Crippen MR) is 84.6 cm³/mol. The quantitative estimate of drug-likeness (QED) is 0.838. The van der Waals surface area contributed by atoms with Crippen LogP contribution in [0.4, 0.5) is 4.79 Å². The first kappa shape index (κ1) is 17.1. The van der Waals surface area contributed by atoms with E-state index in [-0.39, 0.29) is 17.4 Å². The van der Waals surface area contributed by atoms with Crippen LogP contribution in [0.1, 0.15) is 40.5 Å². The summed E-state index contributed by atoms with van der Waals surface area (Å²) in [5, 5.41) is 2.85. The summed E-state index contributed by atoms with van der Waals surface area (Å²) in [6, 6.07) is 0. The van der Waals surface area contributed by atoms with Gasteiger partial charge in [-0.25, -0.2) is 4.79 Å². The number of hydrogen-bond donors (Lipinski definition) is 1. The number of likely N-dealkylation sites (tertiary alicyclic amines) is 1. The number of ether oxygens (including phenoxy) is 1. The zero-order valence-electron chi connectivity index (χ0n) is 14.3.